The Bertz CT molecular complexity index is 1050. The summed E-state index contributed by atoms with van der Waals surface area (Å²) in [6.45, 7) is -0.769. The molecule has 3 N–H and O–H groups in total. The number of rotatable bonds is 8. The van der Waals surface area contributed by atoms with Crippen LogP contribution in [-0.2, 0) is 23.7 Å². The van der Waals surface area contributed by atoms with Gasteiger partial charge in [0.25, 0.3) is 0 Å². The molecule has 35 heavy (non-hydrogen) atoms. The molecule has 0 saturated carbocycles. The number of hydrogen-bond acceptors (Lipinski definition) is 2. The molecule has 186 valence electrons. The molecule has 1 atom stereocenters. The Labute approximate surface area is 197 Å². The molecule has 4 nitrogen and oxygen atoms in total. The van der Waals surface area contributed by atoms with Gasteiger partial charge in [0.2, 0.25) is 0 Å². The number of nitrogens with two attached hydrogens (primary N) is 1. The van der Waals surface area contributed by atoms with Crippen molar-refractivity contribution < 1.29 is 35.9 Å². The lowest BCUT2D eigenvalue weighted by Crippen LogP contribution is -2.45. The first-order valence-corrected chi connectivity index (χ1v) is 10.5. The smallest absolute Gasteiger partial charge is 0.375 e. The van der Waals surface area contributed by atoms with Crippen LogP contribution in [0.15, 0.2) is 78.9 Å². The van der Waals surface area contributed by atoms with E-state index in [2.05, 4.69) is 5.32 Å². The third-order valence-corrected chi connectivity index (χ3v) is 5.26. The SMILES string of the molecule is NC(=O)NC(COCc1cc(C(F)(F)F)cc(C(F)(F)F)c1)C(c1ccccc1)c1ccccc1. The lowest BCUT2D eigenvalue weighted by Gasteiger charge is -2.28. The van der Waals surface area contributed by atoms with Gasteiger partial charge in [0.1, 0.15) is 0 Å². The van der Waals surface area contributed by atoms with Crippen molar-refractivity contribution >= 4 is 6.03 Å². The molecular formula is C25H22F6N2O2. The zero-order valence-electron chi connectivity index (χ0n) is 18.2. The molecular weight excluding hydrogens is 474 g/mol. The Hall–Kier alpha value is -3.53. The van der Waals surface area contributed by atoms with Gasteiger partial charge in [-0.1, -0.05) is 60.7 Å². The first-order valence-electron chi connectivity index (χ1n) is 10.5. The van der Waals surface area contributed by atoms with E-state index in [4.69, 9.17) is 10.5 Å². The molecule has 0 heterocycles. The fraction of sp³-hybridized carbons (Fsp3) is 0.240. The maximum Gasteiger partial charge on any atom is 0.416 e. The van der Waals surface area contributed by atoms with Crippen molar-refractivity contribution in [1.29, 1.82) is 0 Å². The van der Waals surface area contributed by atoms with Crippen molar-refractivity contribution in [3.63, 3.8) is 0 Å². The van der Waals surface area contributed by atoms with Crippen LogP contribution in [0, 0.1) is 0 Å². The molecule has 0 aliphatic rings. The average molecular weight is 496 g/mol. The summed E-state index contributed by atoms with van der Waals surface area (Å²) in [5.74, 6) is -0.447. The number of hydrogen-bond donors (Lipinski definition) is 2. The monoisotopic (exact) mass is 496 g/mol. The molecule has 0 aliphatic heterocycles. The van der Waals surface area contributed by atoms with Gasteiger partial charge in [-0.3, -0.25) is 0 Å². The highest BCUT2D eigenvalue weighted by atomic mass is 19.4. The van der Waals surface area contributed by atoms with Crippen molar-refractivity contribution in [2.75, 3.05) is 6.61 Å². The van der Waals surface area contributed by atoms with Crippen molar-refractivity contribution in [3.8, 4) is 0 Å². The van der Waals surface area contributed by atoms with Crippen molar-refractivity contribution in [3.05, 3.63) is 107 Å². The van der Waals surface area contributed by atoms with Crippen LogP contribution in [-0.4, -0.2) is 18.7 Å². The second kappa shape index (κ2) is 10.8. The number of alkyl halides is 6. The van der Waals surface area contributed by atoms with Gasteiger partial charge in [-0.2, -0.15) is 26.3 Å². The summed E-state index contributed by atoms with van der Waals surface area (Å²) in [4.78, 5) is 11.7. The van der Waals surface area contributed by atoms with E-state index in [-0.39, 0.29) is 18.2 Å². The fourth-order valence-corrected chi connectivity index (χ4v) is 3.79. The van der Waals surface area contributed by atoms with E-state index in [1.54, 1.807) is 24.3 Å². The van der Waals surface area contributed by atoms with Crippen LogP contribution in [0.2, 0.25) is 0 Å². The Morgan fingerprint density at radius 1 is 0.800 bits per heavy atom. The predicted molar refractivity (Wildman–Crippen MR) is 117 cm³/mol. The van der Waals surface area contributed by atoms with Gasteiger partial charge in [-0.25, -0.2) is 4.79 Å². The normalized spacial score (nSPS) is 13.0. The second-order valence-electron chi connectivity index (χ2n) is 7.84. The number of halogens is 6. The van der Waals surface area contributed by atoms with Crippen molar-refractivity contribution in [2.24, 2.45) is 5.73 Å². The number of amides is 2. The summed E-state index contributed by atoms with van der Waals surface area (Å²) < 4.78 is 84.4. The Morgan fingerprint density at radius 2 is 1.26 bits per heavy atom. The maximum atomic E-state index is 13.1. The Kier molecular flexibility index (Phi) is 8.06. The van der Waals surface area contributed by atoms with E-state index in [9.17, 15) is 31.1 Å². The van der Waals surface area contributed by atoms with Crippen LogP contribution in [0.25, 0.3) is 0 Å². The zero-order valence-corrected chi connectivity index (χ0v) is 18.2. The summed E-state index contributed by atoms with van der Waals surface area (Å²) in [6, 6.07) is 17.8. The largest absolute Gasteiger partial charge is 0.416 e. The standard InChI is InChI=1S/C25H22F6N2O2/c26-24(27,28)19-11-16(12-20(13-19)25(29,30)31)14-35-15-21(33-23(32)34)22(17-7-3-1-4-8-17)18-9-5-2-6-10-18/h1-13,21-22H,14-15H2,(H3,32,33,34). The van der Waals surface area contributed by atoms with Gasteiger partial charge in [-0.05, 0) is 34.9 Å². The second-order valence-corrected chi connectivity index (χ2v) is 7.84. The molecule has 3 aromatic rings. The summed E-state index contributed by atoms with van der Waals surface area (Å²) in [6.07, 6.45) is -9.92. The maximum absolute atomic E-state index is 13.1. The van der Waals surface area contributed by atoms with Crippen LogP contribution in [0.3, 0.4) is 0 Å². The van der Waals surface area contributed by atoms with Gasteiger partial charge < -0.3 is 15.8 Å². The molecule has 0 aliphatic carbocycles. The minimum Gasteiger partial charge on any atom is -0.375 e. The molecule has 3 aromatic carbocycles. The van der Waals surface area contributed by atoms with Crippen LogP contribution >= 0.6 is 0 Å². The summed E-state index contributed by atoms with van der Waals surface area (Å²) in [5, 5.41) is 2.59. The number of carbonyl (C=O) groups is 1. The van der Waals surface area contributed by atoms with Crippen LogP contribution < -0.4 is 11.1 Å². The third-order valence-electron chi connectivity index (χ3n) is 5.26. The van der Waals surface area contributed by atoms with E-state index < -0.39 is 48.1 Å². The average Bonchev–Trinajstić information content (AvgIpc) is 2.79. The van der Waals surface area contributed by atoms with Crippen molar-refractivity contribution in [1.82, 2.24) is 5.32 Å². The quantitative estimate of drug-likeness (QED) is 0.370. The summed E-state index contributed by atoms with van der Waals surface area (Å²) >= 11 is 0. The predicted octanol–water partition coefficient (Wildman–Crippen LogP) is 6.11. The zero-order chi connectivity index (χ0) is 25.6. The Balaban J connectivity index is 1.88. The first-order chi connectivity index (χ1) is 16.4. The highest BCUT2D eigenvalue weighted by Crippen LogP contribution is 2.36. The molecule has 0 spiro atoms. The highest BCUT2D eigenvalue weighted by Gasteiger charge is 2.37. The number of nitrogens with one attached hydrogen (secondary N) is 1. The van der Waals surface area contributed by atoms with Gasteiger partial charge in [0.15, 0.2) is 0 Å². The van der Waals surface area contributed by atoms with E-state index >= 15 is 0 Å². The van der Waals surface area contributed by atoms with Gasteiger partial charge >= 0.3 is 18.4 Å². The minimum absolute atomic E-state index is 0.0573. The highest BCUT2D eigenvalue weighted by molar-refractivity contribution is 5.72. The molecule has 2 amide bonds. The molecule has 3 rings (SSSR count). The molecule has 0 fully saturated rings. The topological polar surface area (TPSA) is 64.4 Å². The van der Waals surface area contributed by atoms with E-state index in [0.29, 0.717) is 12.1 Å². The van der Waals surface area contributed by atoms with Gasteiger partial charge in [0.05, 0.1) is 30.4 Å². The molecule has 0 aromatic heterocycles. The number of primary amides is 1. The number of carbonyl (C=O) groups excluding carboxylic acids is 1. The number of urea groups is 1. The van der Waals surface area contributed by atoms with Crippen LogP contribution in [0.4, 0.5) is 31.1 Å². The molecule has 0 bridgehead atoms. The van der Waals surface area contributed by atoms with E-state index in [0.717, 1.165) is 11.1 Å². The van der Waals surface area contributed by atoms with Crippen LogP contribution in [0.1, 0.15) is 33.7 Å². The summed E-state index contributed by atoms with van der Waals surface area (Å²) in [7, 11) is 0. The van der Waals surface area contributed by atoms with Gasteiger partial charge in [0, 0.05) is 5.92 Å². The minimum atomic E-state index is -4.96. The van der Waals surface area contributed by atoms with E-state index in [1.807, 2.05) is 36.4 Å². The molecule has 10 heteroatoms. The van der Waals surface area contributed by atoms with Gasteiger partial charge in [-0.15, -0.1) is 0 Å². The molecule has 0 radical (unpaired) electrons. The Morgan fingerprint density at radius 3 is 1.66 bits per heavy atom. The number of benzene rings is 3. The fourth-order valence-electron chi connectivity index (χ4n) is 3.79. The third kappa shape index (κ3) is 7.22. The lowest BCUT2D eigenvalue weighted by molar-refractivity contribution is -0.143. The lowest BCUT2D eigenvalue weighted by atomic mass is 9.85. The summed E-state index contributed by atoms with van der Waals surface area (Å²) in [5.41, 5.74) is 3.80. The number of ether oxygens (including phenoxy) is 1. The molecule has 1 unspecified atom stereocenters. The molecule has 0 saturated heterocycles. The first kappa shape index (κ1) is 26.1. The van der Waals surface area contributed by atoms with E-state index in [1.165, 1.54) is 0 Å². The van der Waals surface area contributed by atoms with Crippen molar-refractivity contribution in [2.45, 2.75) is 30.9 Å². The van der Waals surface area contributed by atoms with Crippen LogP contribution in [0.5, 0.6) is 0 Å².